The summed E-state index contributed by atoms with van der Waals surface area (Å²) >= 11 is 0. The van der Waals surface area contributed by atoms with Crippen molar-refractivity contribution in [3.05, 3.63) is 60.1 Å². The molecule has 1 fully saturated rings. The monoisotopic (exact) mass is 383 g/mol. The normalized spacial score (nSPS) is 14.7. The van der Waals surface area contributed by atoms with Gasteiger partial charge in [-0.3, -0.25) is 14.4 Å². The topological polar surface area (TPSA) is 106 Å². The van der Waals surface area contributed by atoms with Crippen LogP contribution in [0.2, 0.25) is 0 Å². The highest BCUT2D eigenvalue weighted by molar-refractivity contribution is 6.05. The van der Waals surface area contributed by atoms with Crippen molar-refractivity contribution in [1.29, 1.82) is 0 Å². The molecule has 0 atom stereocenters. The van der Waals surface area contributed by atoms with Crippen LogP contribution in [0, 0.1) is 5.41 Å². The SMILES string of the molecule is NC(=O)C1(C(=O)NCCN(CCc2ccccc2)C(=O)c2ccco2)CCC1. The lowest BCUT2D eigenvalue weighted by atomic mass is 9.67. The maximum Gasteiger partial charge on any atom is 0.289 e. The summed E-state index contributed by atoms with van der Waals surface area (Å²) in [6.45, 7) is 1.04. The molecule has 3 amide bonds. The Bertz CT molecular complexity index is 813. The molecule has 0 radical (unpaired) electrons. The van der Waals surface area contributed by atoms with E-state index in [1.54, 1.807) is 17.0 Å². The van der Waals surface area contributed by atoms with Crippen molar-refractivity contribution in [2.45, 2.75) is 25.7 Å². The molecule has 1 heterocycles. The van der Waals surface area contributed by atoms with Gasteiger partial charge in [-0.1, -0.05) is 36.8 Å². The molecule has 0 aliphatic heterocycles. The van der Waals surface area contributed by atoms with Crippen molar-refractivity contribution in [1.82, 2.24) is 10.2 Å². The molecular weight excluding hydrogens is 358 g/mol. The first-order valence-electron chi connectivity index (χ1n) is 9.48. The molecule has 1 aromatic heterocycles. The van der Waals surface area contributed by atoms with Crippen LogP contribution in [0.1, 0.15) is 35.4 Å². The number of nitrogens with zero attached hydrogens (tertiary/aromatic N) is 1. The molecule has 1 aliphatic rings. The van der Waals surface area contributed by atoms with Crippen molar-refractivity contribution < 1.29 is 18.8 Å². The quantitative estimate of drug-likeness (QED) is 0.643. The Hall–Kier alpha value is -3.09. The molecule has 7 nitrogen and oxygen atoms in total. The van der Waals surface area contributed by atoms with E-state index in [1.807, 2.05) is 30.3 Å². The highest BCUT2D eigenvalue weighted by Gasteiger charge is 2.49. The van der Waals surface area contributed by atoms with Gasteiger partial charge in [-0.15, -0.1) is 0 Å². The van der Waals surface area contributed by atoms with Crippen LogP contribution in [0.25, 0.3) is 0 Å². The molecule has 0 spiro atoms. The van der Waals surface area contributed by atoms with Crippen LogP contribution < -0.4 is 11.1 Å². The Morgan fingerprint density at radius 2 is 1.82 bits per heavy atom. The first-order valence-corrected chi connectivity index (χ1v) is 9.48. The molecule has 148 valence electrons. The number of nitrogens with one attached hydrogen (secondary N) is 1. The highest BCUT2D eigenvalue weighted by atomic mass is 16.3. The predicted molar refractivity (Wildman–Crippen MR) is 103 cm³/mol. The molecule has 1 saturated carbocycles. The largest absolute Gasteiger partial charge is 0.459 e. The number of rotatable bonds is 9. The minimum Gasteiger partial charge on any atom is -0.459 e. The second-order valence-corrected chi connectivity index (χ2v) is 7.06. The Morgan fingerprint density at radius 3 is 2.39 bits per heavy atom. The third kappa shape index (κ3) is 4.24. The van der Waals surface area contributed by atoms with Crippen molar-refractivity contribution in [3.8, 4) is 0 Å². The van der Waals surface area contributed by atoms with Gasteiger partial charge < -0.3 is 20.4 Å². The fourth-order valence-corrected chi connectivity index (χ4v) is 3.37. The summed E-state index contributed by atoms with van der Waals surface area (Å²) in [5.41, 5.74) is 5.45. The second kappa shape index (κ2) is 8.73. The van der Waals surface area contributed by atoms with E-state index in [4.69, 9.17) is 10.2 Å². The van der Waals surface area contributed by atoms with E-state index in [2.05, 4.69) is 5.32 Å². The average Bonchev–Trinajstić information content (AvgIpc) is 3.18. The summed E-state index contributed by atoms with van der Waals surface area (Å²) in [5.74, 6) is -0.904. The van der Waals surface area contributed by atoms with Crippen LogP contribution in [0.5, 0.6) is 0 Å². The van der Waals surface area contributed by atoms with Crippen LogP contribution in [0.4, 0.5) is 0 Å². The number of hydrogen-bond donors (Lipinski definition) is 2. The molecule has 0 unspecified atom stereocenters. The second-order valence-electron chi connectivity index (χ2n) is 7.06. The van der Waals surface area contributed by atoms with Crippen LogP contribution in [-0.4, -0.2) is 42.3 Å². The lowest BCUT2D eigenvalue weighted by Gasteiger charge is -2.37. The fourth-order valence-electron chi connectivity index (χ4n) is 3.37. The van der Waals surface area contributed by atoms with Gasteiger partial charge in [0, 0.05) is 19.6 Å². The Kier molecular flexibility index (Phi) is 6.13. The minimum atomic E-state index is -1.08. The molecule has 0 saturated heterocycles. The first-order chi connectivity index (χ1) is 13.5. The molecule has 1 aromatic carbocycles. The van der Waals surface area contributed by atoms with Crippen molar-refractivity contribution >= 4 is 17.7 Å². The van der Waals surface area contributed by atoms with Crippen molar-refractivity contribution in [3.63, 3.8) is 0 Å². The summed E-state index contributed by atoms with van der Waals surface area (Å²) in [6, 6.07) is 13.1. The number of carbonyl (C=O) groups excluding carboxylic acids is 3. The van der Waals surface area contributed by atoms with Gasteiger partial charge in [0.2, 0.25) is 11.8 Å². The van der Waals surface area contributed by atoms with E-state index < -0.39 is 11.3 Å². The number of hydrogen-bond acceptors (Lipinski definition) is 4. The summed E-state index contributed by atoms with van der Waals surface area (Å²) in [7, 11) is 0. The van der Waals surface area contributed by atoms with Gasteiger partial charge >= 0.3 is 0 Å². The summed E-state index contributed by atoms with van der Waals surface area (Å²) in [4.78, 5) is 38.4. The van der Waals surface area contributed by atoms with Gasteiger partial charge in [0.25, 0.3) is 5.91 Å². The number of carbonyl (C=O) groups is 3. The molecule has 0 bridgehead atoms. The predicted octanol–water partition coefficient (Wildman–Crippen LogP) is 1.74. The van der Waals surface area contributed by atoms with Gasteiger partial charge in [-0.2, -0.15) is 0 Å². The van der Waals surface area contributed by atoms with E-state index in [9.17, 15) is 14.4 Å². The van der Waals surface area contributed by atoms with Gasteiger partial charge in [0.1, 0.15) is 5.41 Å². The van der Waals surface area contributed by atoms with Crippen molar-refractivity contribution in [2.24, 2.45) is 11.1 Å². The average molecular weight is 383 g/mol. The number of amides is 3. The third-order valence-electron chi connectivity index (χ3n) is 5.31. The highest BCUT2D eigenvalue weighted by Crippen LogP contribution is 2.40. The Balaban J connectivity index is 1.59. The molecule has 3 N–H and O–H groups in total. The number of nitrogens with two attached hydrogens (primary N) is 1. The first kappa shape index (κ1) is 19.7. The maximum absolute atomic E-state index is 12.7. The number of benzene rings is 1. The molecular formula is C21H25N3O4. The fraction of sp³-hybridized carbons (Fsp3) is 0.381. The van der Waals surface area contributed by atoms with E-state index in [1.165, 1.54) is 6.26 Å². The van der Waals surface area contributed by atoms with E-state index in [0.717, 1.165) is 12.0 Å². The summed E-state index contributed by atoms with van der Waals surface area (Å²) < 4.78 is 5.23. The zero-order chi connectivity index (χ0) is 20.0. The van der Waals surface area contributed by atoms with E-state index in [-0.39, 0.29) is 24.1 Å². The van der Waals surface area contributed by atoms with Crippen LogP contribution in [0.3, 0.4) is 0 Å². The molecule has 28 heavy (non-hydrogen) atoms. The zero-order valence-electron chi connectivity index (χ0n) is 15.7. The molecule has 3 rings (SSSR count). The lowest BCUT2D eigenvalue weighted by molar-refractivity contribution is -0.147. The van der Waals surface area contributed by atoms with Crippen LogP contribution in [0.15, 0.2) is 53.1 Å². The smallest absolute Gasteiger partial charge is 0.289 e. The maximum atomic E-state index is 12.7. The van der Waals surface area contributed by atoms with E-state index >= 15 is 0 Å². The van der Waals surface area contributed by atoms with Gasteiger partial charge in [-0.25, -0.2) is 0 Å². The van der Waals surface area contributed by atoms with Crippen molar-refractivity contribution in [2.75, 3.05) is 19.6 Å². The minimum absolute atomic E-state index is 0.233. The van der Waals surface area contributed by atoms with Crippen LogP contribution in [-0.2, 0) is 16.0 Å². The molecule has 7 heteroatoms. The number of primary amides is 1. The zero-order valence-corrected chi connectivity index (χ0v) is 15.7. The Labute approximate surface area is 163 Å². The summed E-state index contributed by atoms with van der Waals surface area (Å²) in [6.07, 6.45) is 3.93. The standard InChI is InChI=1S/C21H25N3O4/c22-19(26)21(10-5-11-21)20(27)23-12-14-24(18(25)17-8-4-15-28-17)13-9-16-6-2-1-3-7-16/h1-4,6-8,15H,5,9-14H2,(H2,22,26)(H,23,27). The van der Waals surface area contributed by atoms with Gasteiger partial charge in [-0.05, 0) is 37.0 Å². The molecule has 1 aliphatic carbocycles. The van der Waals surface area contributed by atoms with Gasteiger partial charge in [0.15, 0.2) is 5.76 Å². The number of furan rings is 1. The van der Waals surface area contributed by atoms with Gasteiger partial charge in [0.05, 0.1) is 6.26 Å². The summed E-state index contributed by atoms with van der Waals surface area (Å²) in [5, 5.41) is 2.77. The molecule has 2 aromatic rings. The lowest BCUT2D eigenvalue weighted by Crippen LogP contribution is -2.54. The van der Waals surface area contributed by atoms with Crippen LogP contribution >= 0.6 is 0 Å². The van der Waals surface area contributed by atoms with E-state index in [0.29, 0.717) is 32.4 Å². The third-order valence-corrected chi connectivity index (χ3v) is 5.31. The Morgan fingerprint density at radius 1 is 1.07 bits per heavy atom.